The molecular formula is C26H58N2. The summed E-state index contributed by atoms with van der Waals surface area (Å²) in [5.41, 5.74) is 5.58. The average molecular weight is 399 g/mol. The van der Waals surface area contributed by atoms with Crippen LogP contribution < -0.4 is 5.73 Å². The van der Waals surface area contributed by atoms with E-state index in [1.165, 1.54) is 116 Å². The van der Waals surface area contributed by atoms with Gasteiger partial charge in [-0.05, 0) is 20.0 Å². The van der Waals surface area contributed by atoms with Crippen LogP contribution >= 0.6 is 0 Å². The largest absolute Gasteiger partial charge is 0.316 e. The van der Waals surface area contributed by atoms with Gasteiger partial charge in [0.25, 0.3) is 0 Å². The van der Waals surface area contributed by atoms with Crippen LogP contribution in [0.25, 0.3) is 0 Å². The molecule has 0 radical (unpaired) electrons. The Morgan fingerprint density at radius 3 is 0.786 bits per heavy atom. The lowest BCUT2D eigenvalue weighted by Crippen LogP contribution is -2.39. The first-order valence-corrected chi connectivity index (χ1v) is 13.1. The molecule has 0 saturated carbocycles. The first-order valence-electron chi connectivity index (χ1n) is 13.1. The van der Waals surface area contributed by atoms with Crippen LogP contribution in [0.3, 0.4) is 0 Å². The van der Waals surface area contributed by atoms with Crippen molar-refractivity contribution < 1.29 is 0 Å². The van der Waals surface area contributed by atoms with E-state index in [1.807, 2.05) is 6.92 Å². The van der Waals surface area contributed by atoms with Gasteiger partial charge in [-0.15, -0.1) is 0 Å². The minimum Gasteiger partial charge on any atom is -0.316 e. The van der Waals surface area contributed by atoms with Crippen molar-refractivity contribution in [3.8, 4) is 0 Å². The zero-order valence-electron chi connectivity index (χ0n) is 20.7. The van der Waals surface area contributed by atoms with E-state index in [1.54, 1.807) is 0 Å². The van der Waals surface area contributed by atoms with Gasteiger partial charge in [-0.2, -0.15) is 0 Å². The third-order valence-electron chi connectivity index (χ3n) is 5.85. The van der Waals surface area contributed by atoms with Crippen molar-refractivity contribution in [1.82, 2.24) is 4.90 Å². The third-order valence-corrected chi connectivity index (χ3v) is 5.85. The predicted octanol–water partition coefficient (Wildman–Crippen LogP) is 8.68. The van der Waals surface area contributed by atoms with Crippen molar-refractivity contribution >= 4 is 0 Å². The molecule has 1 unspecified atom stereocenters. The lowest BCUT2D eigenvalue weighted by molar-refractivity contribution is 0.236. The number of nitrogens with zero attached hydrogens (tertiary/aromatic N) is 1. The lowest BCUT2D eigenvalue weighted by atomic mass is 10.0. The van der Waals surface area contributed by atoms with Crippen LogP contribution in [-0.4, -0.2) is 24.2 Å². The summed E-state index contributed by atoms with van der Waals surface area (Å²) < 4.78 is 0. The summed E-state index contributed by atoms with van der Waals surface area (Å²) in [5.74, 6) is 0. The molecule has 0 aromatic heterocycles. The van der Waals surface area contributed by atoms with Gasteiger partial charge < -0.3 is 5.73 Å². The Morgan fingerprint density at radius 1 is 0.464 bits per heavy atom. The second-order valence-electron chi connectivity index (χ2n) is 8.62. The summed E-state index contributed by atoms with van der Waals surface area (Å²) in [7, 11) is 0. The van der Waals surface area contributed by atoms with Gasteiger partial charge in [0.2, 0.25) is 0 Å². The maximum atomic E-state index is 5.58. The molecule has 0 heterocycles. The minimum absolute atomic E-state index is 0.213. The molecule has 28 heavy (non-hydrogen) atoms. The van der Waals surface area contributed by atoms with Crippen LogP contribution in [0.15, 0.2) is 0 Å². The van der Waals surface area contributed by atoms with Crippen molar-refractivity contribution in [2.24, 2.45) is 5.73 Å². The first kappa shape index (κ1) is 30.1. The molecule has 2 N–H and O–H groups in total. The number of hydrogen-bond acceptors (Lipinski definition) is 2. The predicted molar refractivity (Wildman–Crippen MR) is 131 cm³/mol. The molecule has 0 aromatic carbocycles. The average Bonchev–Trinajstić information content (AvgIpc) is 2.69. The highest BCUT2D eigenvalue weighted by molar-refractivity contribution is 4.54. The summed E-state index contributed by atoms with van der Waals surface area (Å²) in [6.07, 6.45) is 26.6. The van der Waals surface area contributed by atoms with E-state index in [2.05, 4.69) is 32.6 Å². The SMILES string of the molecule is CCCCCCCCCCCCCCCCCCCC.CCN(CC)C(C)N. The van der Waals surface area contributed by atoms with E-state index in [-0.39, 0.29) is 6.17 Å². The molecule has 2 heteroatoms. The van der Waals surface area contributed by atoms with Crippen LogP contribution in [-0.2, 0) is 0 Å². The molecule has 172 valence electrons. The molecule has 0 spiro atoms. The first-order chi connectivity index (χ1) is 13.6. The second kappa shape index (κ2) is 26.9. The molecule has 0 aliphatic carbocycles. The van der Waals surface area contributed by atoms with E-state index in [0.717, 1.165) is 13.1 Å². The molecule has 0 aromatic rings. The Balaban J connectivity index is 0. The Bertz CT molecular complexity index is 231. The molecular weight excluding hydrogens is 340 g/mol. The Morgan fingerprint density at radius 2 is 0.679 bits per heavy atom. The second-order valence-corrected chi connectivity index (χ2v) is 8.62. The van der Waals surface area contributed by atoms with E-state index in [0.29, 0.717) is 0 Å². The molecule has 1 atom stereocenters. The van der Waals surface area contributed by atoms with Crippen LogP contribution in [0.4, 0.5) is 0 Å². The smallest absolute Gasteiger partial charge is 0.0542 e. The fraction of sp³-hybridized carbons (Fsp3) is 1.00. The van der Waals surface area contributed by atoms with Crippen LogP contribution in [0.2, 0.25) is 0 Å². The number of unbranched alkanes of at least 4 members (excludes halogenated alkanes) is 17. The number of hydrogen-bond donors (Lipinski definition) is 1. The Labute approximate surface area is 180 Å². The van der Waals surface area contributed by atoms with Gasteiger partial charge >= 0.3 is 0 Å². The van der Waals surface area contributed by atoms with Crippen LogP contribution in [0.5, 0.6) is 0 Å². The van der Waals surface area contributed by atoms with Gasteiger partial charge in [0, 0.05) is 0 Å². The molecule has 0 rings (SSSR count). The van der Waals surface area contributed by atoms with E-state index in [9.17, 15) is 0 Å². The molecule has 0 aliphatic heterocycles. The molecule has 2 nitrogen and oxygen atoms in total. The molecule has 0 fully saturated rings. The van der Waals surface area contributed by atoms with Crippen molar-refractivity contribution in [3.63, 3.8) is 0 Å². The standard InChI is InChI=1S/C20H42.C6H16N2/c1-3-5-7-9-11-13-15-17-19-20-18-16-14-12-10-8-6-4-2;1-4-8(5-2)6(3)7/h3-20H2,1-2H3;6H,4-5,7H2,1-3H3. The summed E-state index contributed by atoms with van der Waals surface area (Å²) in [4.78, 5) is 2.19. The summed E-state index contributed by atoms with van der Waals surface area (Å²) in [6.45, 7) is 12.9. The molecule has 0 aliphatic rings. The monoisotopic (exact) mass is 398 g/mol. The quantitative estimate of drug-likeness (QED) is 0.164. The molecule has 0 saturated heterocycles. The van der Waals surface area contributed by atoms with Gasteiger partial charge in [0.1, 0.15) is 0 Å². The van der Waals surface area contributed by atoms with E-state index in [4.69, 9.17) is 5.73 Å². The number of nitrogens with two attached hydrogens (primary N) is 1. The molecule has 0 amide bonds. The summed E-state index contributed by atoms with van der Waals surface area (Å²) >= 11 is 0. The van der Waals surface area contributed by atoms with Gasteiger partial charge in [-0.25, -0.2) is 0 Å². The van der Waals surface area contributed by atoms with Crippen molar-refractivity contribution in [2.75, 3.05) is 13.1 Å². The maximum Gasteiger partial charge on any atom is 0.0542 e. The normalized spacial score (nSPS) is 12.1. The Hall–Kier alpha value is -0.0800. The van der Waals surface area contributed by atoms with E-state index >= 15 is 0 Å². The van der Waals surface area contributed by atoms with Crippen LogP contribution in [0.1, 0.15) is 150 Å². The van der Waals surface area contributed by atoms with Gasteiger partial charge in [0.05, 0.1) is 6.17 Å². The van der Waals surface area contributed by atoms with Crippen molar-refractivity contribution in [1.29, 1.82) is 0 Å². The highest BCUT2D eigenvalue weighted by Gasteiger charge is 2.01. The maximum absolute atomic E-state index is 5.58. The molecule has 0 bridgehead atoms. The lowest BCUT2D eigenvalue weighted by Gasteiger charge is -2.21. The van der Waals surface area contributed by atoms with Crippen LogP contribution in [0, 0.1) is 0 Å². The third kappa shape index (κ3) is 25.9. The zero-order valence-corrected chi connectivity index (χ0v) is 20.7. The topological polar surface area (TPSA) is 29.3 Å². The minimum atomic E-state index is 0.213. The highest BCUT2D eigenvalue weighted by Crippen LogP contribution is 2.14. The Kier molecular flexibility index (Phi) is 29.0. The van der Waals surface area contributed by atoms with E-state index < -0.39 is 0 Å². The van der Waals surface area contributed by atoms with Crippen molar-refractivity contribution in [3.05, 3.63) is 0 Å². The van der Waals surface area contributed by atoms with Gasteiger partial charge in [0.15, 0.2) is 0 Å². The fourth-order valence-electron chi connectivity index (χ4n) is 3.77. The summed E-state index contributed by atoms with van der Waals surface area (Å²) in [6, 6.07) is 0. The summed E-state index contributed by atoms with van der Waals surface area (Å²) in [5, 5.41) is 0. The fourth-order valence-corrected chi connectivity index (χ4v) is 3.77. The van der Waals surface area contributed by atoms with Crippen molar-refractivity contribution in [2.45, 2.75) is 156 Å². The highest BCUT2D eigenvalue weighted by atomic mass is 15.2. The zero-order chi connectivity index (χ0) is 21.3. The van der Waals surface area contributed by atoms with Gasteiger partial charge in [-0.1, -0.05) is 143 Å². The van der Waals surface area contributed by atoms with Gasteiger partial charge in [-0.3, -0.25) is 4.90 Å². The number of rotatable bonds is 20.